The lowest BCUT2D eigenvalue weighted by atomic mass is 9.97. The van der Waals surface area contributed by atoms with Gasteiger partial charge < -0.3 is 25.7 Å². The van der Waals surface area contributed by atoms with Crippen LogP contribution in [-0.2, 0) is 4.79 Å². The monoisotopic (exact) mass is 457 g/mol. The van der Waals surface area contributed by atoms with Gasteiger partial charge in [0.2, 0.25) is 0 Å². The molecule has 0 spiro atoms. The number of benzene rings is 2. The Labute approximate surface area is 178 Å². The Morgan fingerprint density at radius 1 is 1.21 bits per heavy atom. The number of carbonyl (C=O) groups is 1. The number of halogens is 1. The van der Waals surface area contributed by atoms with E-state index in [1.54, 1.807) is 14.1 Å². The molecule has 1 aromatic heterocycles. The molecule has 7 nitrogen and oxygen atoms in total. The molecule has 8 heteroatoms. The summed E-state index contributed by atoms with van der Waals surface area (Å²) in [5.41, 5.74) is 9.98. The second kappa shape index (κ2) is 9.11. The van der Waals surface area contributed by atoms with Gasteiger partial charge in [-0.2, -0.15) is 4.98 Å². The Morgan fingerprint density at radius 2 is 1.90 bits per heavy atom. The summed E-state index contributed by atoms with van der Waals surface area (Å²) in [7, 11) is 3.41. The molecular weight excluding hydrogens is 434 g/mol. The summed E-state index contributed by atoms with van der Waals surface area (Å²) < 4.78 is 6.50. The van der Waals surface area contributed by atoms with Crippen molar-refractivity contribution in [1.29, 1.82) is 0 Å². The van der Waals surface area contributed by atoms with E-state index in [0.717, 1.165) is 15.6 Å². The molecule has 0 saturated heterocycles. The summed E-state index contributed by atoms with van der Waals surface area (Å²) in [5.74, 6) is -0.153. The van der Waals surface area contributed by atoms with Gasteiger partial charge in [0.05, 0.1) is 18.3 Å². The summed E-state index contributed by atoms with van der Waals surface area (Å²) in [4.78, 5) is 18.7. The van der Waals surface area contributed by atoms with Crippen molar-refractivity contribution in [3.8, 4) is 0 Å². The van der Waals surface area contributed by atoms with Gasteiger partial charge in [0, 0.05) is 24.3 Å². The van der Waals surface area contributed by atoms with E-state index >= 15 is 0 Å². The maximum atomic E-state index is 12.8. The van der Waals surface area contributed by atoms with Crippen molar-refractivity contribution in [3.05, 3.63) is 69.8 Å². The van der Waals surface area contributed by atoms with Crippen molar-refractivity contribution in [3.63, 3.8) is 0 Å². The fraction of sp³-hybridized carbons (Fsp3) is 0.238. The molecule has 0 radical (unpaired) electrons. The van der Waals surface area contributed by atoms with Crippen LogP contribution in [0.3, 0.4) is 0 Å². The van der Waals surface area contributed by atoms with Gasteiger partial charge >= 0.3 is 0 Å². The number of likely N-dealkylation sites (N-methyl/N-ethyl adjacent to an activating group) is 1. The average molecular weight is 458 g/mol. The number of allylic oxidation sites excluding steroid dienone is 1. The first kappa shape index (κ1) is 20.9. The van der Waals surface area contributed by atoms with E-state index < -0.39 is 6.04 Å². The van der Waals surface area contributed by atoms with Crippen LogP contribution in [0.2, 0.25) is 0 Å². The Hall–Kier alpha value is -2.84. The molecule has 152 valence electrons. The summed E-state index contributed by atoms with van der Waals surface area (Å²) in [6.07, 6.45) is 0. The molecule has 4 N–H and O–H groups in total. The minimum Gasteiger partial charge on any atom is -0.424 e. The number of amides is 1. The van der Waals surface area contributed by atoms with Crippen LogP contribution in [0.1, 0.15) is 18.5 Å². The van der Waals surface area contributed by atoms with Crippen LogP contribution in [0.15, 0.2) is 68.7 Å². The number of para-hydroxylation sites is 2. The van der Waals surface area contributed by atoms with E-state index in [0.29, 0.717) is 29.5 Å². The van der Waals surface area contributed by atoms with Crippen LogP contribution in [0, 0.1) is 0 Å². The number of nitrogens with zero attached hydrogens (tertiary/aromatic N) is 2. The van der Waals surface area contributed by atoms with E-state index in [4.69, 9.17) is 10.2 Å². The first-order chi connectivity index (χ1) is 13.9. The van der Waals surface area contributed by atoms with Crippen molar-refractivity contribution in [2.24, 2.45) is 5.73 Å². The molecule has 2 aromatic carbocycles. The molecule has 3 aromatic rings. The number of nitrogens with two attached hydrogens (primary N) is 1. The first-order valence-corrected chi connectivity index (χ1v) is 9.93. The van der Waals surface area contributed by atoms with Gasteiger partial charge in [-0.1, -0.05) is 46.3 Å². The molecule has 0 saturated carbocycles. The molecule has 29 heavy (non-hydrogen) atoms. The standard InChI is InChI=1S/C21H24BrN5O2/c1-13(24-12-25-21-26-16-10-6-7-11-17(16)29-21)18(20(28)27(2)3)19(23)14-8-4-5-9-15(14)22/h4-11,19,24H,12,23H2,1-3H3,(H,25,26)/b18-13+. The minimum atomic E-state index is -0.586. The topological polar surface area (TPSA) is 96.4 Å². The van der Waals surface area contributed by atoms with Crippen molar-refractivity contribution in [2.75, 3.05) is 26.1 Å². The third-order valence-corrected chi connectivity index (χ3v) is 5.20. The summed E-state index contributed by atoms with van der Waals surface area (Å²) in [5, 5.41) is 6.29. The molecule has 0 aliphatic heterocycles. The lowest BCUT2D eigenvalue weighted by Gasteiger charge is -2.23. The van der Waals surface area contributed by atoms with E-state index in [-0.39, 0.29) is 5.91 Å². The van der Waals surface area contributed by atoms with Gasteiger partial charge in [0.25, 0.3) is 11.9 Å². The normalized spacial score (nSPS) is 13.0. The first-order valence-electron chi connectivity index (χ1n) is 9.14. The van der Waals surface area contributed by atoms with Crippen molar-refractivity contribution in [2.45, 2.75) is 13.0 Å². The quantitative estimate of drug-likeness (QED) is 0.370. The number of aromatic nitrogens is 1. The number of fused-ring (bicyclic) bond motifs is 1. The molecular formula is C21H24BrN5O2. The van der Waals surface area contributed by atoms with Gasteiger partial charge in [0.1, 0.15) is 5.52 Å². The zero-order valence-electron chi connectivity index (χ0n) is 16.6. The fourth-order valence-electron chi connectivity index (χ4n) is 2.95. The number of hydrogen-bond donors (Lipinski definition) is 3. The molecule has 0 fully saturated rings. The van der Waals surface area contributed by atoms with Crippen LogP contribution < -0.4 is 16.4 Å². The van der Waals surface area contributed by atoms with E-state index in [9.17, 15) is 4.79 Å². The third-order valence-electron chi connectivity index (χ3n) is 4.48. The highest BCUT2D eigenvalue weighted by molar-refractivity contribution is 9.10. The Balaban J connectivity index is 1.79. The molecule has 1 unspecified atom stereocenters. The van der Waals surface area contributed by atoms with E-state index in [1.807, 2.05) is 55.5 Å². The predicted octanol–water partition coefficient (Wildman–Crippen LogP) is 3.61. The molecule has 1 atom stereocenters. The van der Waals surface area contributed by atoms with Crippen molar-refractivity contribution < 1.29 is 9.21 Å². The van der Waals surface area contributed by atoms with Gasteiger partial charge in [-0.05, 0) is 30.7 Å². The van der Waals surface area contributed by atoms with Crippen molar-refractivity contribution >= 4 is 39.0 Å². The van der Waals surface area contributed by atoms with Gasteiger partial charge in [-0.3, -0.25) is 4.79 Å². The maximum Gasteiger partial charge on any atom is 0.297 e. The van der Waals surface area contributed by atoms with Gasteiger partial charge in [-0.25, -0.2) is 0 Å². The van der Waals surface area contributed by atoms with Crippen LogP contribution >= 0.6 is 15.9 Å². The number of nitrogens with one attached hydrogen (secondary N) is 2. The minimum absolute atomic E-state index is 0.153. The molecule has 1 heterocycles. The van der Waals surface area contributed by atoms with Gasteiger partial charge in [-0.15, -0.1) is 0 Å². The number of carbonyl (C=O) groups excluding carboxylic acids is 1. The van der Waals surface area contributed by atoms with E-state index in [1.165, 1.54) is 4.90 Å². The summed E-state index contributed by atoms with van der Waals surface area (Å²) in [6, 6.07) is 15.0. The zero-order chi connectivity index (χ0) is 21.0. The Morgan fingerprint density at radius 3 is 2.59 bits per heavy atom. The molecule has 3 rings (SSSR count). The lowest BCUT2D eigenvalue weighted by molar-refractivity contribution is -0.125. The fourth-order valence-corrected chi connectivity index (χ4v) is 3.48. The lowest BCUT2D eigenvalue weighted by Crippen LogP contribution is -2.33. The van der Waals surface area contributed by atoms with Crippen LogP contribution in [0.25, 0.3) is 11.1 Å². The van der Waals surface area contributed by atoms with Gasteiger partial charge in [0.15, 0.2) is 5.58 Å². The predicted molar refractivity (Wildman–Crippen MR) is 118 cm³/mol. The smallest absolute Gasteiger partial charge is 0.297 e. The third kappa shape index (κ3) is 4.78. The number of anilines is 1. The number of hydrogen-bond acceptors (Lipinski definition) is 6. The van der Waals surface area contributed by atoms with Crippen molar-refractivity contribution in [1.82, 2.24) is 15.2 Å². The maximum absolute atomic E-state index is 12.8. The largest absolute Gasteiger partial charge is 0.424 e. The summed E-state index contributed by atoms with van der Waals surface area (Å²) >= 11 is 3.52. The number of rotatable bonds is 7. The zero-order valence-corrected chi connectivity index (χ0v) is 18.2. The highest BCUT2D eigenvalue weighted by Gasteiger charge is 2.24. The molecule has 0 aliphatic rings. The molecule has 0 bridgehead atoms. The second-order valence-corrected chi connectivity index (χ2v) is 7.61. The average Bonchev–Trinajstić information content (AvgIpc) is 3.11. The molecule has 1 amide bonds. The second-order valence-electron chi connectivity index (χ2n) is 6.75. The van der Waals surface area contributed by atoms with Crippen LogP contribution in [-0.4, -0.2) is 36.6 Å². The summed E-state index contributed by atoms with van der Waals surface area (Å²) in [6.45, 7) is 2.16. The highest BCUT2D eigenvalue weighted by Crippen LogP contribution is 2.28. The molecule has 0 aliphatic carbocycles. The SMILES string of the molecule is C/C(NCNc1nc2ccccc2o1)=C(\C(=O)N(C)C)C(N)c1ccccc1Br. The Bertz CT molecular complexity index is 1010. The Kier molecular flexibility index (Phi) is 6.56. The van der Waals surface area contributed by atoms with E-state index in [2.05, 4.69) is 31.5 Å². The van der Waals surface area contributed by atoms with Crippen LogP contribution in [0.5, 0.6) is 0 Å². The highest BCUT2D eigenvalue weighted by atomic mass is 79.9. The van der Waals surface area contributed by atoms with Crippen LogP contribution in [0.4, 0.5) is 6.01 Å². The number of oxazole rings is 1.